The number of unbranched alkanes of at least 4 members (excludes halogenated alkanes) is 15. The fourth-order valence-electron chi connectivity index (χ4n) is 8.27. The third-order valence-corrected chi connectivity index (χ3v) is 12.5. The molecule has 0 N–H and O–H groups in total. The predicted octanol–water partition coefficient (Wildman–Crippen LogP) is 15.9. The minimum absolute atomic E-state index is 0.131. The van der Waals surface area contributed by atoms with E-state index in [1.807, 2.05) is 48.8 Å². The quantitative estimate of drug-likeness (QED) is 0.0238. The summed E-state index contributed by atoms with van der Waals surface area (Å²) in [5.41, 5.74) is 7.03. The van der Waals surface area contributed by atoms with Gasteiger partial charge < -0.3 is 18.9 Å². The van der Waals surface area contributed by atoms with Crippen molar-refractivity contribution in [2.75, 3.05) is 13.2 Å². The van der Waals surface area contributed by atoms with Crippen LogP contribution in [0.1, 0.15) is 157 Å². The van der Waals surface area contributed by atoms with Gasteiger partial charge in [0.25, 0.3) is 0 Å². The second-order valence-corrected chi connectivity index (χ2v) is 18.1. The Balaban J connectivity index is 0.865. The van der Waals surface area contributed by atoms with Crippen LogP contribution in [0.25, 0.3) is 33.6 Å². The highest BCUT2D eigenvalue weighted by Crippen LogP contribution is 2.30. The summed E-state index contributed by atoms with van der Waals surface area (Å²) in [6, 6.07) is 38.3. The van der Waals surface area contributed by atoms with Crippen LogP contribution in [0.5, 0.6) is 23.0 Å². The second kappa shape index (κ2) is 30.0. The number of carbonyl (C=O) groups is 2. The van der Waals surface area contributed by atoms with Crippen molar-refractivity contribution in [2.24, 2.45) is 0 Å². The number of esters is 2. The molecule has 6 rings (SSSR count). The molecule has 1 aromatic heterocycles. The second-order valence-electron chi connectivity index (χ2n) is 18.1. The zero-order valence-corrected chi connectivity index (χ0v) is 41.5. The number of ether oxygens (including phenoxy) is 4. The van der Waals surface area contributed by atoms with Crippen LogP contribution in [0.3, 0.4) is 0 Å². The van der Waals surface area contributed by atoms with Crippen molar-refractivity contribution in [1.82, 2.24) is 9.97 Å². The van der Waals surface area contributed by atoms with Gasteiger partial charge in [0, 0.05) is 36.0 Å². The molecule has 366 valence electrons. The molecule has 0 amide bonds. The molecule has 0 atom stereocenters. The van der Waals surface area contributed by atoms with E-state index in [4.69, 9.17) is 24.2 Å². The molecule has 0 fully saturated rings. The number of benzene rings is 5. The fourth-order valence-corrected chi connectivity index (χ4v) is 8.27. The molecule has 0 bridgehead atoms. The lowest BCUT2D eigenvalue weighted by Crippen LogP contribution is -2.14. The molecule has 0 aliphatic carbocycles. The molecule has 0 saturated carbocycles. The highest BCUT2D eigenvalue weighted by atomic mass is 16.6. The molecular formula is C61H71N3O6. The predicted molar refractivity (Wildman–Crippen MR) is 280 cm³/mol. The molecular weight excluding hydrogens is 871 g/mol. The van der Waals surface area contributed by atoms with Crippen LogP contribution >= 0.6 is 0 Å². The van der Waals surface area contributed by atoms with Crippen LogP contribution in [-0.4, -0.2) is 35.1 Å². The molecule has 9 nitrogen and oxygen atoms in total. The van der Waals surface area contributed by atoms with Gasteiger partial charge in [0.15, 0.2) is 5.82 Å². The zero-order valence-electron chi connectivity index (χ0n) is 41.5. The molecule has 0 aliphatic rings. The van der Waals surface area contributed by atoms with Crippen LogP contribution in [0.15, 0.2) is 128 Å². The zero-order chi connectivity index (χ0) is 49.0. The lowest BCUT2D eigenvalue weighted by molar-refractivity contribution is -0.134. The van der Waals surface area contributed by atoms with Crippen molar-refractivity contribution < 1.29 is 28.5 Å². The van der Waals surface area contributed by atoms with Gasteiger partial charge in [0.05, 0.1) is 24.8 Å². The summed E-state index contributed by atoms with van der Waals surface area (Å²) in [6.07, 6.45) is 25.2. The topological polar surface area (TPSA) is 121 Å². The summed E-state index contributed by atoms with van der Waals surface area (Å²) in [5, 5.41) is 9.12. The minimum Gasteiger partial charge on any atom is -0.494 e. The van der Waals surface area contributed by atoms with Crippen LogP contribution in [0, 0.1) is 11.3 Å². The molecule has 9 heteroatoms. The third-order valence-electron chi connectivity index (χ3n) is 12.5. The van der Waals surface area contributed by atoms with Crippen molar-refractivity contribution in [3.8, 4) is 62.7 Å². The number of nitriles is 1. The van der Waals surface area contributed by atoms with Gasteiger partial charge in [0.1, 0.15) is 28.6 Å². The van der Waals surface area contributed by atoms with E-state index >= 15 is 0 Å². The first-order valence-corrected chi connectivity index (χ1v) is 25.9. The summed E-state index contributed by atoms with van der Waals surface area (Å²) < 4.78 is 23.6. The van der Waals surface area contributed by atoms with Gasteiger partial charge in [0.2, 0.25) is 0 Å². The van der Waals surface area contributed by atoms with E-state index in [1.165, 1.54) is 56.9 Å². The monoisotopic (exact) mass is 942 g/mol. The largest absolute Gasteiger partial charge is 0.494 e. The lowest BCUT2D eigenvalue weighted by atomic mass is 10.0. The van der Waals surface area contributed by atoms with Crippen molar-refractivity contribution in [2.45, 2.75) is 142 Å². The van der Waals surface area contributed by atoms with Gasteiger partial charge in [-0.1, -0.05) is 164 Å². The van der Waals surface area contributed by atoms with E-state index < -0.39 is 11.9 Å². The van der Waals surface area contributed by atoms with E-state index in [0.717, 1.165) is 104 Å². The summed E-state index contributed by atoms with van der Waals surface area (Å²) in [4.78, 5) is 35.9. The van der Waals surface area contributed by atoms with Crippen LogP contribution < -0.4 is 18.9 Å². The molecule has 0 spiro atoms. The van der Waals surface area contributed by atoms with Gasteiger partial charge in [-0.3, -0.25) is 4.79 Å². The van der Waals surface area contributed by atoms with Gasteiger partial charge in [-0.25, -0.2) is 14.8 Å². The van der Waals surface area contributed by atoms with E-state index in [-0.39, 0.29) is 17.7 Å². The van der Waals surface area contributed by atoms with Crippen molar-refractivity contribution >= 4 is 11.9 Å². The van der Waals surface area contributed by atoms with Gasteiger partial charge in [-0.05, 0) is 103 Å². The summed E-state index contributed by atoms with van der Waals surface area (Å²) in [5.74, 6) is 1.61. The molecule has 0 radical (unpaired) electrons. The number of carbonyl (C=O) groups excluding carboxylic acids is 2. The smallest absolute Gasteiger partial charge is 0.347 e. The average molecular weight is 942 g/mol. The summed E-state index contributed by atoms with van der Waals surface area (Å²) in [6.45, 7) is 5.67. The summed E-state index contributed by atoms with van der Waals surface area (Å²) in [7, 11) is 0. The molecule has 5 aromatic carbocycles. The Labute approximate surface area is 416 Å². The number of hydrogen-bond acceptors (Lipinski definition) is 9. The highest BCUT2D eigenvalue weighted by molar-refractivity contribution is 5.95. The highest BCUT2D eigenvalue weighted by Gasteiger charge is 2.19. The Morgan fingerprint density at radius 1 is 0.486 bits per heavy atom. The maximum absolute atomic E-state index is 13.5. The normalized spacial score (nSPS) is 10.9. The lowest BCUT2D eigenvalue weighted by Gasteiger charge is -2.13. The fraction of sp³-hybridized carbons (Fsp3) is 0.393. The minimum atomic E-state index is -0.629. The molecule has 1 heterocycles. The van der Waals surface area contributed by atoms with Crippen LogP contribution in [0.2, 0.25) is 0 Å². The van der Waals surface area contributed by atoms with Gasteiger partial charge in [-0.15, -0.1) is 0 Å². The van der Waals surface area contributed by atoms with E-state index in [0.29, 0.717) is 36.7 Å². The Morgan fingerprint density at radius 2 is 0.971 bits per heavy atom. The molecule has 70 heavy (non-hydrogen) atoms. The first kappa shape index (κ1) is 52.6. The van der Waals surface area contributed by atoms with E-state index in [9.17, 15) is 9.59 Å². The standard InChI is InChI=1S/C61H71N3O6/c1-3-5-7-9-15-20-42-68-56-39-40-57(61(66)69-55-37-33-50(34-38-55)49-27-25-48(44-62)26-28-49)58(43-56)70-59(65)22-18-14-12-10-11-13-16-19-41-67-54-35-31-51(32-36-54)53-45-63-60(64-46-53)52-29-23-47(24-30-52)21-17-8-6-4-2/h23-40,43,45-46H,3-22,41-42H2,1-2H3. The number of rotatable bonds is 31. The average Bonchev–Trinajstić information content (AvgIpc) is 3.39. The Hall–Kier alpha value is -6.79. The van der Waals surface area contributed by atoms with Gasteiger partial charge in [-0.2, -0.15) is 5.26 Å². The first-order valence-electron chi connectivity index (χ1n) is 25.9. The molecule has 0 unspecified atom stereocenters. The maximum Gasteiger partial charge on any atom is 0.347 e. The van der Waals surface area contributed by atoms with Gasteiger partial charge >= 0.3 is 11.9 Å². The van der Waals surface area contributed by atoms with Crippen molar-refractivity contribution in [3.63, 3.8) is 0 Å². The maximum atomic E-state index is 13.5. The SMILES string of the molecule is CCCCCCCCOc1ccc(C(=O)Oc2ccc(-c3ccc(C#N)cc3)cc2)c(OC(=O)CCCCCCCCCCOc2ccc(-c3cnc(-c4ccc(CCCCCC)cc4)nc3)cc2)c1. The molecule has 0 saturated heterocycles. The number of nitrogens with zero attached hydrogens (tertiary/aromatic N) is 3. The number of aryl methyl sites for hydroxylation is 1. The van der Waals surface area contributed by atoms with Crippen LogP contribution in [-0.2, 0) is 11.2 Å². The molecule has 6 aromatic rings. The van der Waals surface area contributed by atoms with Crippen LogP contribution in [0.4, 0.5) is 0 Å². The third kappa shape index (κ3) is 17.9. The van der Waals surface area contributed by atoms with Crippen molar-refractivity contribution in [1.29, 1.82) is 5.26 Å². The van der Waals surface area contributed by atoms with E-state index in [1.54, 1.807) is 42.5 Å². The number of aromatic nitrogens is 2. The van der Waals surface area contributed by atoms with E-state index in [2.05, 4.69) is 66.3 Å². The number of hydrogen-bond donors (Lipinski definition) is 0. The van der Waals surface area contributed by atoms with Crippen molar-refractivity contribution in [3.05, 3.63) is 144 Å². The first-order chi connectivity index (χ1) is 34.4. The Bertz CT molecular complexity index is 2500. The molecule has 0 aliphatic heterocycles. The Kier molecular flexibility index (Phi) is 22.5. The Morgan fingerprint density at radius 3 is 1.57 bits per heavy atom. The summed E-state index contributed by atoms with van der Waals surface area (Å²) >= 11 is 0.